The fourth-order valence-electron chi connectivity index (χ4n) is 2.65. The number of hydrogen-bond donors (Lipinski definition) is 1. The van der Waals surface area contributed by atoms with Gasteiger partial charge in [0, 0.05) is 0 Å². The van der Waals surface area contributed by atoms with E-state index in [0.717, 1.165) is 38.2 Å². The molecule has 0 saturated carbocycles. The first-order valence-electron chi connectivity index (χ1n) is 8.46. The van der Waals surface area contributed by atoms with E-state index in [-0.39, 0.29) is 51.5 Å². The van der Waals surface area contributed by atoms with Crippen molar-refractivity contribution in [3.8, 4) is 17.2 Å². The molecule has 0 atom stereocenters. The third-order valence-electron chi connectivity index (χ3n) is 3.95. The molecule has 1 N–H and O–H groups in total. The van der Waals surface area contributed by atoms with E-state index in [0.29, 0.717) is 12.2 Å². The van der Waals surface area contributed by atoms with Crippen molar-refractivity contribution in [1.82, 2.24) is 0 Å². The minimum absolute atomic E-state index is 0. The van der Waals surface area contributed by atoms with Gasteiger partial charge in [-0.05, 0) is 36.6 Å². The molecule has 0 bridgehead atoms. The van der Waals surface area contributed by atoms with Gasteiger partial charge in [0.25, 0.3) is 10.1 Å². The van der Waals surface area contributed by atoms with Crippen LogP contribution in [0.1, 0.15) is 44.6 Å². The zero-order chi connectivity index (χ0) is 18.3. The first-order valence-corrected chi connectivity index (χ1v) is 9.90. The van der Waals surface area contributed by atoms with Gasteiger partial charge in [0.2, 0.25) is 0 Å². The second-order valence-electron chi connectivity index (χ2n) is 5.92. The number of para-hydroxylation sites is 1. The summed E-state index contributed by atoms with van der Waals surface area (Å²) in [5.74, 6) is 0.0516. The molecule has 2 aromatic rings. The molecule has 5 nitrogen and oxygen atoms in total. The van der Waals surface area contributed by atoms with Gasteiger partial charge in [0.1, 0.15) is 10.6 Å². The zero-order valence-electron chi connectivity index (χ0n) is 15.3. The Hall–Kier alpha value is -1.05. The molecule has 0 unspecified atom stereocenters. The molecule has 0 aliphatic rings. The standard InChI is InChI=1S/C19H24O5S.Na/c1-2-3-4-5-9-12-16-17(20)13-14-18(25(21,22)23)19(16)24-15-10-7-6-8-11-15;/h6-8,10-11,13-14,20H,2-5,9,12H2,1H3,(H,21,22,23);/q;+1/p-1. The monoisotopic (exact) mass is 386 g/mol. The van der Waals surface area contributed by atoms with Crippen molar-refractivity contribution in [2.45, 2.75) is 50.3 Å². The number of ether oxygens (including phenoxy) is 1. The minimum atomic E-state index is -4.50. The smallest absolute Gasteiger partial charge is 0.872 e. The molecule has 0 heterocycles. The van der Waals surface area contributed by atoms with E-state index >= 15 is 0 Å². The van der Waals surface area contributed by atoms with Gasteiger partial charge in [0.15, 0.2) is 5.75 Å². The Kier molecular flexibility index (Phi) is 9.68. The van der Waals surface area contributed by atoms with Crippen molar-refractivity contribution in [1.29, 1.82) is 0 Å². The van der Waals surface area contributed by atoms with Crippen LogP contribution in [0.5, 0.6) is 17.2 Å². The van der Waals surface area contributed by atoms with Crippen LogP contribution in [0.4, 0.5) is 0 Å². The molecule has 26 heavy (non-hydrogen) atoms. The van der Waals surface area contributed by atoms with E-state index < -0.39 is 10.1 Å². The Morgan fingerprint density at radius 2 is 1.65 bits per heavy atom. The Labute approximate surface area is 177 Å². The fraction of sp³-hybridized carbons (Fsp3) is 0.368. The normalized spacial score (nSPS) is 11.0. The predicted molar refractivity (Wildman–Crippen MR) is 94.7 cm³/mol. The minimum Gasteiger partial charge on any atom is -0.872 e. The summed E-state index contributed by atoms with van der Waals surface area (Å²) < 4.78 is 38.6. The van der Waals surface area contributed by atoms with Gasteiger partial charge < -0.3 is 9.84 Å². The summed E-state index contributed by atoms with van der Waals surface area (Å²) in [5, 5.41) is 12.3. The molecular weight excluding hydrogens is 363 g/mol. The number of rotatable bonds is 9. The van der Waals surface area contributed by atoms with Crippen LogP contribution in [0.3, 0.4) is 0 Å². The summed E-state index contributed by atoms with van der Waals surface area (Å²) in [6, 6.07) is 10.9. The third kappa shape index (κ3) is 6.59. The average Bonchev–Trinajstić information content (AvgIpc) is 2.56. The van der Waals surface area contributed by atoms with Gasteiger partial charge in [-0.2, -0.15) is 8.42 Å². The summed E-state index contributed by atoms with van der Waals surface area (Å²) in [6.07, 6.45) is 5.44. The van der Waals surface area contributed by atoms with Gasteiger partial charge in [-0.1, -0.05) is 56.9 Å². The van der Waals surface area contributed by atoms with Crippen LogP contribution in [0, 0.1) is 0 Å². The molecule has 7 heteroatoms. The molecule has 0 saturated heterocycles. The first kappa shape index (κ1) is 23.0. The van der Waals surface area contributed by atoms with Crippen molar-refractivity contribution in [2.24, 2.45) is 0 Å². The van der Waals surface area contributed by atoms with Crippen molar-refractivity contribution in [3.05, 3.63) is 48.0 Å². The maximum atomic E-state index is 12.3. The number of hydrogen-bond acceptors (Lipinski definition) is 4. The quantitative estimate of drug-likeness (QED) is 0.399. The molecule has 136 valence electrons. The Bertz CT molecular complexity index is 791. The molecule has 2 aromatic carbocycles. The van der Waals surface area contributed by atoms with E-state index in [2.05, 4.69) is 6.92 Å². The molecule has 0 aliphatic carbocycles. The van der Waals surface area contributed by atoms with Crippen molar-refractivity contribution >= 4 is 10.1 Å². The third-order valence-corrected chi connectivity index (χ3v) is 4.83. The average molecular weight is 386 g/mol. The molecule has 0 spiro atoms. The molecule has 0 radical (unpaired) electrons. The second kappa shape index (κ2) is 10.9. The van der Waals surface area contributed by atoms with Gasteiger partial charge in [0.05, 0.1) is 0 Å². The van der Waals surface area contributed by atoms with Gasteiger partial charge in [-0.15, -0.1) is 5.75 Å². The predicted octanol–water partition coefficient (Wildman–Crippen LogP) is 1.32. The van der Waals surface area contributed by atoms with Gasteiger partial charge >= 0.3 is 29.6 Å². The van der Waals surface area contributed by atoms with Crippen LogP contribution >= 0.6 is 0 Å². The van der Waals surface area contributed by atoms with Crippen molar-refractivity contribution in [3.63, 3.8) is 0 Å². The maximum Gasteiger partial charge on any atom is 1.00 e. The summed E-state index contributed by atoms with van der Waals surface area (Å²) in [6.45, 7) is 2.12. The second-order valence-corrected chi connectivity index (χ2v) is 7.31. The molecule has 2 rings (SSSR count). The van der Waals surface area contributed by atoms with Crippen LogP contribution in [0.2, 0.25) is 0 Å². The van der Waals surface area contributed by atoms with E-state index in [4.69, 9.17) is 4.74 Å². The topological polar surface area (TPSA) is 86.7 Å². The Morgan fingerprint density at radius 3 is 2.27 bits per heavy atom. The van der Waals surface area contributed by atoms with E-state index in [1.807, 2.05) is 0 Å². The zero-order valence-corrected chi connectivity index (χ0v) is 18.1. The number of unbranched alkanes of at least 4 members (excludes halogenated alkanes) is 4. The van der Waals surface area contributed by atoms with Crippen LogP contribution < -0.4 is 39.4 Å². The van der Waals surface area contributed by atoms with Crippen LogP contribution in [0.15, 0.2) is 47.4 Å². The molecular formula is C19H23NaO5S. The van der Waals surface area contributed by atoms with E-state index in [1.54, 1.807) is 30.3 Å². The van der Waals surface area contributed by atoms with Gasteiger partial charge in [-0.3, -0.25) is 4.55 Å². The van der Waals surface area contributed by atoms with Crippen molar-refractivity contribution in [2.75, 3.05) is 0 Å². The van der Waals surface area contributed by atoms with E-state index in [9.17, 15) is 18.1 Å². The summed E-state index contributed by atoms with van der Waals surface area (Å²) in [4.78, 5) is -0.375. The fourth-order valence-corrected chi connectivity index (χ4v) is 3.29. The Morgan fingerprint density at radius 1 is 1.00 bits per heavy atom. The largest absolute Gasteiger partial charge is 1.00 e. The summed E-state index contributed by atoms with van der Waals surface area (Å²) in [7, 11) is -4.50. The molecule has 0 amide bonds. The van der Waals surface area contributed by atoms with Crippen LogP contribution in [-0.2, 0) is 16.5 Å². The number of benzene rings is 2. The molecule has 0 aliphatic heterocycles. The van der Waals surface area contributed by atoms with Crippen LogP contribution in [-0.4, -0.2) is 13.0 Å². The van der Waals surface area contributed by atoms with Crippen LogP contribution in [0.25, 0.3) is 0 Å². The maximum absolute atomic E-state index is 12.3. The van der Waals surface area contributed by atoms with Gasteiger partial charge in [-0.25, -0.2) is 0 Å². The SMILES string of the molecule is CCCCCCCc1c([O-])ccc(S(=O)(=O)O)c1Oc1ccccc1.[Na+]. The first-order chi connectivity index (χ1) is 11.9. The molecule has 0 aromatic heterocycles. The van der Waals surface area contributed by atoms with Crippen molar-refractivity contribution < 1.29 is 52.4 Å². The summed E-state index contributed by atoms with van der Waals surface area (Å²) >= 11 is 0. The summed E-state index contributed by atoms with van der Waals surface area (Å²) in [5.41, 5.74) is 0.287. The van der Waals surface area contributed by atoms with E-state index in [1.165, 1.54) is 6.07 Å². The molecule has 0 fully saturated rings. The Balaban J connectivity index is 0.00000338.